The summed E-state index contributed by atoms with van der Waals surface area (Å²) >= 11 is 0. The summed E-state index contributed by atoms with van der Waals surface area (Å²) in [7, 11) is 0. The minimum atomic E-state index is -0.482. The number of aryl methyl sites for hydroxylation is 1. The number of aliphatic hydroxyl groups is 1. The third-order valence-electron chi connectivity index (χ3n) is 5.33. The van der Waals surface area contributed by atoms with Crippen LogP contribution in [-0.2, 0) is 11.2 Å². The molecular weight excluding hydrogens is 336 g/mol. The van der Waals surface area contributed by atoms with Gasteiger partial charge in [-0.25, -0.2) is 0 Å². The summed E-state index contributed by atoms with van der Waals surface area (Å²) in [5.74, 6) is 0.0214. The third kappa shape index (κ3) is 9.39. The summed E-state index contributed by atoms with van der Waals surface area (Å²) in [5.41, 5.74) is 8.19. The Balaban J connectivity index is 2.64. The Morgan fingerprint density at radius 3 is 2.30 bits per heavy atom. The molecule has 0 aliphatic rings. The average Bonchev–Trinajstić information content (AvgIpc) is 2.66. The quantitative estimate of drug-likeness (QED) is 0.414. The van der Waals surface area contributed by atoms with E-state index in [1.165, 1.54) is 36.8 Å². The number of benzene rings is 1. The maximum Gasteiger partial charge on any atom is 0.217 e. The zero-order valence-electron chi connectivity index (χ0n) is 17.6. The molecule has 0 fully saturated rings. The SMILES string of the molecule is CCCCCCCC(NC(C)=O)c1ccc(CCC(N)(CO)CCC)cc1. The van der Waals surface area contributed by atoms with Gasteiger partial charge in [0.15, 0.2) is 0 Å². The molecule has 1 rings (SSSR count). The van der Waals surface area contributed by atoms with E-state index in [9.17, 15) is 9.90 Å². The highest BCUT2D eigenvalue weighted by Gasteiger charge is 2.22. The molecule has 0 bridgehead atoms. The molecule has 2 unspecified atom stereocenters. The molecule has 27 heavy (non-hydrogen) atoms. The van der Waals surface area contributed by atoms with Gasteiger partial charge < -0.3 is 16.2 Å². The predicted octanol–water partition coefficient (Wildman–Crippen LogP) is 4.65. The fourth-order valence-electron chi connectivity index (χ4n) is 3.61. The molecule has 0 saturated carbocycles. The first kappa shape index (κ1) is 23.6. The first-order valence-corrected chi connectivity index (χ1v) is 10.7. The van der Waals surface area contributed by atoms with Gasteiger partial charge in [0.05, 0.1) is 12.6 Å². The molecule has 1 aromatic carbocycles. The fraction of sp³-hybridized carbons (Fsp3) is 0.696. The molecule has 1 amide bonds. The predicted molar refractivity (Wildman–Crippen MR) is 114 cm³/mol. The first-order valence-electron chi connectivity index (χ1n) is 10.7. The summed E-state index contributed by atoms with van der Waals surface area (Å²) in [6, 6.07) is 8.60. The zero-order chi connectivity index (χ0) is 20.1. The highest BCUT2D eigenvalue weighted by atomic mass is 16.3. The third-order valence-corrected chi connectivity index (χ3v) is 5.33. The van der Waals surface area contributed by atoms with Crippen LogP contribution in [0, 0.1) is 0 Å². The Morgan fingerprint density at radius 1 is 1.07 bits per heavy atom. The molecule has 154 valence electrons. The van der Waals surface area contributed by atoms with Crippen molar-refractivity contribution in [3.8, 4) is 0 Å². The molecule has 0 saturated heterocycles. The minimum Gasteiger partial charge on any atom is -0.394 e. The van der Waals surface area contributed by atoms with E-state index < -0.39 is 5.54 Å². The van der Waals surface area contributed by atoms with E-state index in [1.807, 2.05) is 0 Å². The van der Waals surface area contributed by atoms with Crippen LogP contribution in [0.5, 0.6) is 0 Å². The van der Waals surface area contributed by atoms with Gasteiger partial charge in [-0.3, -0.25) is 4.79 Å². The standard InChI is InChI=1S/C23H40N2O2/c1-4-6-7-8-9-10-22(25-19(3)27)21-13-11-20(12-14-21)15-17-23(24,18-26)16-5-2/h11-14,22,26H,4-10,15-18,24H2,1-3H3,(H,25,27). The van der Waals surface area contributed by atoms with Gasteiger partial charge in [0.2, 0.25) is 5.91 Å². The molecule has 4 N–H and O–H groups in total. The van der Waals surface area contributed by atoms with Crippen molar-refractivity contribution in [2.45, 2.75) is 96.6 Å². The monoisotopic (exact) mass is 376 g/mol. The van der Waals surface area contributed by atoms with Gasteiger partial charge in [-0.05, 0) is 36.8 Å². The van der Waals surface area contributed by atoms with Crippen molar-refractivity contribution in [3.05, 3.63) is 35.4 Å². The Kier molecular flexibility index (Phi) is 11.3. The van der Waals surface area contributed by atoms with Gasteiger partial charge >= 0.3 is 0 Å². The maximum absolute atomic E-state index is 11.6. The van der Waals surface area contributed by atoms with Crippen LogP contribution in [0.25, 0.3) is 0 Å². The fourth-order valence-corrected chi connectivity index (χ4v) is 3.61. The molecule has 0 spiro atoms. The molecule has 0 radical (unpaired) electrons. The molecule has 1 aromatic rings. The van der Waals surface area contributed by atoms with Crippen molar-refractivity contribution in [1.29, 1.82) is 0 Å². The summed E-state index contributed by atoms with van der Waals surface area (Å²) in [6.07, 6.45) is 10.6. The lowest BCUT2D eigenvalue weighted by Gasteiger charge is -2.27. The second-order valence-electron chi connectivity index (χ2n) is 7.97. The molecular formula is C23H40N2O2. The van der Waals surface area contributed by atoms with Crippen molar-refractivity contribution in [2.24, 2.45) is 5.73 Å². The lowest BCUT2D eigenvalue weighted by atomic mass is 9.88. The molecule has 0 aliphatic carbocycles. The van der Waals surface area contributed by atoms with Gasteiger partial charge in [0, 0.05) is 12.5 Å². The van der Waals surface area contributed by atoms with Gasteiger partial charge in [-0.15, -0.1) is 0 Å². The smallest absolute Gasteiger partial charge is 0.217 e. The van der Waals surface area contributed by atoms with Crippen molar-refractivity contribution in [1.82, 2.24) is 5.32 Å². The van der Waals surface area contributed by atoms with E-state index >= 15 is 0 Å². The van der Waals surface area contributed by atoms with Crippen LogP contribution in [0.3, 0.4) is 0 Å². The number of hydrogen-bond donors (Lipinski definition) is 3. The Labute approximate surface area is 165 Å². The number of carbonyl (C=O) groups is 1. The summed E-state index contributed by atoms with van der Waals surface area (Å²) in [4.78, 5) is 11.6. The second kappa shape index (κ2) is 12.9. The van der Waals surface area contributed by atoms with Gasteiger partial charge in [0.1, 0.15) is 0 Å². The second-order valence-corrected chi connectivity index (χ2v) is 7.97. The molecule has 4 nitrogen and oxygen atoms in total. The van der Waals surface area contributed by atoms with Gasteiger partial charge in [-0.1, -0.05) is 76.6 Å². The lowest BCUT2D eigenvalue weighted by Crippen LogP contribution is -2.43. The van der Waals surface area contributed by atoms with Crippen LogP contribution in [0.1, 0.15) is 95.7 Å². The number of hydrogen-bond acceptors (Lipinski definition) is 3. The summed E-state index contributed by atoms with van der Waals surface area (Å²) in [6.45, 7) is 5.93. The highest BCUT2D eigenvalue weighted by molar-refractivity contribution is 5.73. The van der Waals surface area contributed by atoms with Gasteiger partial charge in [0.25, 0.3) is 0 Å². The number of nitrogens with two attached hydrogens (primary N) is 1. The average molecular weight is 377 g/mol. The van der Waals surface area contributed by atoms with E-state index in [2.05, 4.69) is 43.4 Å². The van der Waals surface area contributed by atoms with Crippen LogP contribution in [-0.4, -0.2) is 23.2 Å². The Bertz CT molecular complexity index is 530. The lowest BCUT2D eigenvalue weighted by molar-refractivity contribution is -0.119. The number of rotatable bonds is 14. The Hall–Kier alpha value is -1.39. The van der Waals surface area contributed by atoms with Crippen LogP contribution in [0.15, 0.2) is 24.3 Å². The van der Waals surface area contributed by atoms with Crippen LogP contribution < -0.4 is 11.1 Å². The number of amides is 1. The largest absolute Gasteiger partial charge is 0.394 e. The number of carbonyl (C=O) groups excluding carboxylic acids is 1. The normalized spacial score (nSPS) is 14.6. The van der Waals surface area contributed by atoms with E-state index in [-0.39, 0.29) is 18.6 Å². The number of aliphatic hydroxyl groups excluding tert-OH is 1. The van der Waals surface area contributed by atoms with E-state index in [1.54, 1.807) is 6.92 Å². The maximum atomic E-state index is 11.6. The van der Waals surface area contributed by atoms with Crippen molar-refractivity contribution >= 4 is 5.91 Å². The molecule has 4 heteroatoms. The van der Waals surface area contributed by atoms with E-state index in [0.717, 1.165) is 38.5 Å². The van der Waals surface area contributed by atoms with E-state index in [4.69, 9.17) is 5.73 Å². The highest BCUT2D eigenvalue weighted by Crippen LogP contribution is 2.23. The molecule has 0 heterocycles. The van der Waals surface area contributed by atoms with Crippen LogP contribution >= 0.6 is 0 Å². The van der Waals surface area contributed by atoms with Crippen molar-refractivity contribution in [3.63, 3.8) is 0 Å². The topological polar surface area (TPSA) is 75.4 Å². The number of unbranched alkanes of at least 4 members (excludes halogenated alkanes) is 4. The van der Waals surface area contributed by atoms with Crippen molar-refractivity contribution in [2.75, 3.05) is 6.61 Å². The minimum absolute atomic E-state index is 0.0214. The van der Waals surface area contributed by atoms with Crippen molar-refractivity contribution < 1.29 is 9.90 Å². The zero-order valence-corrected chi connectivity index (χ0v) is 17.6. The van der Waals surface area contributed by atoms with Crippen LogP contribution in [0.2, 0.25) is 0 Å². The van der Waals surface area contributed by atoms with Gasteiger partial charge in [-0.2, -0.15) is 0 Å². The molecule has 0 aromatic heterocycles. The number of nitrogens with one attached hydrogen (secondary N) is 1. The molecule has 2 atom stereocenters. The Morgan fingerprint density at radius 2 is 1.74 bits per heavy atom. The van der Waals surface area contributed by atoms with Crippen LogP contribution in [0.4, 0.5) is 0 Å². The summed E-state index contributed by atoms with van der Waals surface area (Å²) < 4.78 is 0. The van der Waals surface area contributed by atoms with E-state index in [0.29, 0.717) is 0 Å². The summed E-state index contributed by atoms with van der Waals surface area (Å²) in [5, 5.41) is 12.7. The molecule has 0 aliphatic heterocycles. The first-order chi connectivity index (χ1) is 12.9.